The van der Waals surface area contributed by atoms with Crippen LogP contribution in [-0.4, -0.2) is 36.2 Å². The molecule has 0 bridgehead atoms. The van der Waals surface area contributed by atoms with E-state index in [1.54, 1.807) is 0 Å². The number of carboxylic acid groups (broad SMARTS) is 1. The van der Waals surface area contributed by atoms with E-state index >= 15 is 0 Å². The first-order chi connectivity index (χ1) is 6.61. The van der Waals surface area contributed by atoms with Crippen LogP contribution in [0.2, 0.25) is 0 Å². The van der Waals surface area contributed by atoms with Crippen molar-refractivity contribution in [2.24, 2.45) is 0 Å². The second-order valence-corrected chi connectivity index (χ2v) is 2.73. The Kier molecular flexibility index (Phi) is 3.33. The Morgan fingerprint density at radius 3 is 2.79 bits per heavy atom. The summed E-state index contributed by atoms with van der Waals surface area (Å²) in [7, 11) is 0. The maximum atomic E-state index is 11.3. The molecule has 0 aromatic rings. The quantitative estimate of drug-likeness (QED) is 0.640. The molecule has 1 amide bonds. The van der Waals surface area contributed by atoms with Crippen LogP contribution >= 0.6 is 0 Å². The normalized spacial score (nSPS) is 17.1. The van der Waals surface area contributed by atoms with Crippen LogP contribution in [-0.2, 0) is 19.1 Å². The van der Waals surface area contributed by atoms with Gasteiger partial charge in [0.15, 0.2) is 0 Å². The zero-order chi connectivity index (χ0) is 10.6. The van der Waals surface area contributed by atoms with Gasteiger partial charge in [-0.3, -0.25) is 9.59 Å². The Bertz CT molecular complexity index is 273. The van der Waals surface area contributed by atoms with Gasteiger partial charge < -0.3 is 19.9 Å². The van der Waals surface area contributed by atoms with Crippen LogP contribution in [0.1, 0.15) is 6.92 Å². The molecule has 6 nitrogen and oxygen atoms in total. The van der Waals surface area contributed by atoms with Crippen molar-refractivity contribution < 1.29 is 24.2 Å². The SMILES string of the molecule is CC(NC(=O)C1=COCCO1)C(=O)O. The molecule has 6 heteroatoms. The van der Waals surface area contributed by atoms with Gasteiger partial charge in [-0.05, 0) is 6.92 Å². The van der Waals surface area contributed by atoms with E-state index in [0.29, 0.717) is 13.2 Å². The molecule has 1 unspecified atom stereocenters. The van der Waals surface area contributed by atoms with Crippen molar-refractivity contribution in [3.8, 4) is 0 Å². The smallest absolute Gasteiger partial charge is 0.325 e. The lowest BCUT2D eigenvalue weighted by Crippen LogP contribution is -2.40. The molecule has 0 aliphatic carbocycles. The fourth-order valence-corrected chi connectivity index (χ4v) is 0.817. The number of nitrogens with one attached hydrogen (secondary N) is 1. The van der Waals surface area contributed by atoms with Crippen molar-refractivity contribution >= 4 is 11.9 Å². The van der Waals surface area contributed by atoms with Gasteiger partial charge in [0, 0.05) is 0 Å². The van der Waals surface area contributed by atoms with E-state index in [1.807, 2.05) is 0 Å². The number of carbonyl (C=O) groups is 2. The third kappa shape index (κ3) is 2.65. The zero-order valence-corrected chi connectivity index (χ0v) is 7.65. The van der Waals surface area contributed by atoms with Crippen LogP contribution in [0, 0.1) is 0 Å². The summed E-state index contributed by atoms with van der Waals surface area (Å²) in [6.45, 7) is 2.05. The summed E-state index contributed by atoms with van der Waals surface area (Å²) >= 11 is 0. The fourth-order valence-electron chi connectivity index (χ4n) is 0.817. The molecule has 1 rings (SSSR count). The summed E-state index contributed by atoms with van der Waals surface area (Å²) < 4.78 is 9.80. The number of hydrogen-bond donors (Lipinski definition) is 2. The molecule has 14 heavy (non-hydrogen) atoms. The highest BCUT2D eigenvalue weighted by atomic mass is 16.6. The standard InChI is InChI=1S/C8H11NO5/c1-5(8(11)12)9-7(10)6-4-13-2-3-14-6/h4-5H,2-3H2,1H3,(H,9,10)(H,11,12). The molecular formula is C8H11NO5. The van der Waals surface area contributed by atoms with Gasteiger partial charge >= 0.3 is 5.97 Å². The second-order valence-electron chi connectivity index (χ2n) is 2.73. The lowest BCUT2D eigenvalue weighted by molar-refractivity contribution is -0.141. The summed E-state index contributed by atoms with van der Waals surface area (Å²) in [5, 5.41) is 10.8. The topological polar surface area (TPSA) is 84.9 Å². The summed E-state index contributed by atoms with van der Waals surface area (Å²) in [6.07, 6.45) is 1.17. The molecule has 1 aliphatic rings. The Hall–Kier alpha value is -1.72. The number of amides is 1. The number of ether oxygens (including phenoxy) is 2. The Morgan fingerprint density at radius 2 is 2.29 bits per heavy atom. The molecule has 78 valence electrons. The Balaban J connectivity index is 2.49. The average molecular weight is 201 g/mol. The van der Waals surface area contributed by atoms with E-state index in [-0.39, 0.29) is 5.76 Å². The number of aliphatic carboxylic acids is 1. The van der Waals surface area contributed by atoms with Gasteiger partial charge in [-0.2, -0.15) is 0 Å². The molecule has 2 N–H and O–H groups in total. The van der Waals surface area contributed by atoms with Crippen molar-refractivity contribution in [1.82, 2.24) is 5.32 Å². The Morgan fingerprint density at radius 1 is 1.57 bits per heavy atom. The summed E-state index contributed by atoms with van der Waals surface area (Å²) in [5.41, 5.74) is 0. The highest BCUT2D eigenvalue weighted by molar-refractivity contribution is 5.93. The predicted molar refractivity (Wildman–Crippen MR) is 45.2 cm³/mol. The van der Waals surface area contributed by atoms with Crippen LogP contribution < -0.4 is 5.32 Å². The van der Waals surface area contributed by atoms with Crippen LogP contribution in [0.15, 0.2) is 12.0 Å². The van der Waals surface area contributed by atoms with Gasteiger partial charge in [-0.25, -0.2) is 0 Å². The van der Waals surface area contributed by atoms with E-state index in [9.17, 15) is 9.59 Å². The van der Waals surface area contributed by atoms with Gasteiger partial charge in [0.05, 0.1) is 0 Å². The average Bonchev–Trinajstić information content (AvgIpc) is 2.19. The highest BCUT2D eigenvalue weighted by Gasteiger charge is 2.19. The minimum atomic E-state index is -1.10. The number of hydrogen-bond acceptors (Lipinski definition) is 4. The van der Waals surface area contributed by atoms with Crippen molar-refractivity contribution in [3.05, 3.63) is 12.0 Å². The van der Waals surface area contributed by atoms with Crippen LogP contribution in [0.3, 0.4) is 0 Å². The lowest BCUT2D eigenvalue weighted by Gasteiger charge is -2.16. The molecule has 1 aliphatic heterocycles. The lowest BCUT2D eigenvalue weighted by atomic mass is 10.3. The molecule has 0 saturated heterocycles. The van der Waals surface area contributed by atoms with Crippen LogP contribution in [0.4, 0.5) is 0 Å². The van der Waals surface area contributed by atoms with E-state index in [4.69, 9.17) is 14.6 Å². The monoisotopic (exact) mass is 201 g/mol. The molecule has 0 saturated carbocycles. The molecule has 1 atom stereocenters. The molecule has 0 fully saturated rings. The first-order valence-corrected chi connectivity index (χ1v) is 4.09. The number of rotatable bonds is 3. The summed E-state index contributed by atoms with van der Waals surface area (Å²) in [5.74, 6) is -1.68. The molecule has 0 aromatic carbocycles. The largest absolute Gasteiger partial charge is 0.494 e. The summed E-state index contributed by atoms with van der Waals surface area (Å²) in [6, 6.07) is -0.950. The molecular weight excluding hydrogens is 190 g/mol. The summed E-state index contributed by atoms with van der Waals surface area (Å²) in [4.78, 5) is 21.7. The molecule has 0 aromatic heterocycles. The van der Waals surface area contributed by atoms with Crippen molar-refractivity contribution in [3.63, 3.8) is 0 Å². The molecule has 1 heterocycles. The van der Waals surface area contributed by atoms with Crippen LogP contribution in [0.25, 0.3) is 0 Å². The van der Waals surface area contributed by atoms with E-state index < -0.39 is 17.9 Å². The predicted octanol–water partition coefficient (Wildman–Crippen LogP) is -0.536. The van der Waals surface area contributed by atoms with Gasteiger partial charge in [0.2, 0.25) is 5.76 Å². The van der Waals surface area contributed by atoms with Gasteiger partial charge in [0.1, 0.15) is 25.5 Å². The van der Waals surface area contributed by atoms with Gasteiger partial charge in [-0.1, -0.05) is 0 Å². The maximum Gasteiger partial charge on any atom is 0.325 e. The Labute approximate surface area is 80.5 Å². The highest BCUT2D eigenvalue weighted by Crippen LogP contribution is 2.04. The van der Waals surface area contributed by atoms with Crippen molar-refractivity contribution in [2.75, 3.05) is 13.2 Å². The molecule has 0 radical (unpaired) electrons. The number of carbonyl (C=O) groups excluding carboxylic acids is 1. The third-order valence-electron chi connectivity index (χ3n) is 1.59. The van der Waals surface area contributed by atoms with E-state index in [0.717, 1.165) is 0 Å². The van der Waals surface area contributed by atoms with Crippen molar-refractivity contribution in [2.45, 2.75) is 13.0 Å². The van der Waals surface area contributed by atoms with Gasteiger partial charge in [0.25, 0.3) is 5.91 Å². The van der Waals surface area contributed by atoms with E-state index in [1.165, 1.54) is 13.2 Å². The fraction of sp³-hybridized carbons (Fsp3) is 0.500. The zero-order valence-electron chi connectivity index (χ0n) is 7.65. The maximum absolute atomic E-state index is 11.3. The third-order valence-corrected chi connectivity index (χ3v) is 1.59. The van der Waals surface area contributed by atoms with Gasteiger partial charge in [-0.15, -0.1) is 0 Å². The first kappa shape index (κ1) is 10.4. The first-order valence-electron chi connectivity index (χ1n) is 4.09. The molecule has 0 spiro atoms. The van der Waals surface area contributed by atoms with Crippen molar-refractivity contribution in [1.29, 1.82) is 0 Å². The minimum Gasteiger partial charge on any atom is -0.494 e. The van der Waals surface area contributed by atoms with E-state index in [2.05, 4.69) is 5.32 Å². The number of carboxylic acids is 1. The second kappa shape index (κ2) is 4.50. The minimum absolute atomic E-state index is 0.00403. The van der Waals surface area contributed by atoms with Crippen LogP contribution in [0.5, 0.6) is 0 Å².